The number of methoxy groups -OCH3 is 1. The summed E-state index contributed by atoms with van der Waals surface area (Å²) < 4.78 is 93.6. The summed E-state index contributed by atoms with van der Waals surface area (Å²) in [4.78, 5) is 33.0. The van der Waals surface area contributed by atoms with Gasteiger partial charge in [-0.1, -0.05) is 18.2 Å². The third-order valence-electron chi connectivity index (χ3n) is 9.44. The molecular weight excluding hydrogens is 644 g/mol. The molecule has 8 nitrogen and oxygen atoms in total. The SMILES string of the molecule is COc1cc2c(cc1-c1ccc(N3CCC3)nc1CN1C(=O)OC(C3=CC(C(F)(F)F)C=CC(C(F)(F)F)=C3)C1C)C(CC(=O)O)CC2. The van der Waals surface area contributed by atoms with E-state index in [-0.39, 0.29) is 18.9 Å². The maximum atomic E-state index is 13.7. The van der Waals surface area contributed by atoms with E-state index in [0.717, 1.165) is 30.6 Å². The number of halogens is 6. The van der Waals surface area contributed by atoms with Gasteiger partial charge in [-0.3, -0.25) is 9.69 Å². The molecule has 2 aliphatic carbocycles. The summed E-state index contributed by atoms with van der Waals surface area (Å²) in [7, 11) is 1.51. The summed E-state index contributed by atoms with van der Waals surface area (Å²) >= 11 is 0. The van der Waals surface area contributed by atoms with E-state index in [4.69, 9.17) is 14.5 Å². The molecule has 2 aromatic rings. The summed E-state index contributed by atoms with van der Waals surface area (Å²) in [6, 6.07) is 6.45. The largest absolute Gasteiger partial charge is 0.496 e. The highest BCUT2D eigenvalue weighted by molar-refractivity contribution is 5.78. The molecule has 6 rings (SSSR count). The minimum Gasteiger partial charge on any atom is -0.496 e. The second-order valence-corrected chi connectivity index (χ2v) is 12.5. The van der Waals surface area contributed by atoms with Gasteiger partial charge in [0.1, 0.15) is 17.7 Å². The number of benzene rings is 1. The smallest absolute Gasteiger partial charge is 0.416 e. The molecular formula is C34H33F6N3O5. The average Bonchev–Trinajstić information content (AvgIpc) is 3.37. The first-order valence-corrected chi connectivity index (χ1v) is 15.5. The number of alkyl halides is 6. The lowest BCUT2D eigenvalue weighted by molar-refractivity contribution is -0.149. The lowest BCUT2D eigenvalue weighted by Gasteiger charge is -2.33. The van der Waals surface area contributed by atoms with Crippen LogP contribution in [0.15, 0.2) is 59.7 Å². The third kappa shape index (κ3) is 6.48. The minimum absolute atomic E-state index is 0.0403. The number of pyridine rings is 1. The number of rotatable bonds is 8. The number of cyclic esters (lactones) is 1. The zero-order chi connectivity index (χ0) is 34.5. The van der Waals surface area contributed by atoms with E-state index < -0.39 is 53.6 Å². The van der Waals surface area contributed by atoms with Gasteiger partial charge >= 0.3 is 24.4 Å². The molecule has 2 aliphatic heterocycles. The van der Waals surface area contributed by atoms with Gasteiger partial charge in [0.05, 0.1) is 43.3 Å². The Balaban J connectivity index is 1.38. The first-order valence-electron chi connectivity index (χ1n) is 15.5. The number of aryl methyl sites for hydroxylation is 1. The number of carbonyl (C=O) groups excluding carboxylic acids is 1. The fraction of sp³-hybridized carbons (Fsp3) is 0.441. The topological polar surface area (TPSA) is 92.2 Å². The number of amides is 1. The van der Waals surface area contributed by atoms with E-state index in [0.29, 0.717) is 65.5 Å². The van der Waals surface area contributed by atoms with Crippen molar-refractivity contribution in [3.05, 3.63) is 76.5 Å². The quantitative estimate of drug-likeness (QED) is 0.293. The van der Waals surface area contributed by atoms with E-state index in [1.165, 1.54) is 18.9 Å². The van der Waals surface area contributed by atoms with Crippen molar-refractivity contribution >= 4 is 17.9 Å². The maximum Gasteiger partial charge on any atom is 0.416 e. The van der Waals surface area contributed by atoms with Crippen molar-refractivity contribution in [2.24, 2.45) is 5.92 Å². The van der Waals surface area contributed by atoms with Crippen LogP contribution in [0.4, 0.5) is 37.0 Å². The number of hydrogen-bond acceptors (Lipinski definition) is 6. The van der Waals surface area contributed by atoms with Crippen LogP contribution in [0.25, 0.3) is 11.1 Å². The van der Waals surface area contributed by atoms with Gasteiger partial charge in [0.25, 0.3) is 0 Å². The molecule has 0 radical (unpaired) electrons. The van der Waals surface area contributed by atoms with Crippen molar-refractivity contribution in [1.29, 1.82) is 0 Å². The van der Waals surface area contributed by atoms with E-state index in [9.17, 15) is 41.0 Å². The van der Waals surface area contributed by atoms with Crippen LogP contribution in [0.3, 0.4) is 0 Å². The van der Waals surface area contributed by atoms with Crippen molar-refractivity contribution in [2.45, 2.75) is 69.6 Å². The Hall–Kier alpha value is -4.49. The number of carbonyl (C=O) groups is 2. The number of aromatic nitrogens is 1. The number of ether oxygens (including phenoxy) is 2. The monoisotopic (exact) mass is 677 g/mol. The van der Waals surface area contributed by atoms with Gasteiger partial charge < -0.3 is 19.5 Å². The van der Waals surface area contributed by atoms with E-state index >= 15 is 0 Å². The molecule has 1 aromatic carbocycles. The van der Waals surface area contributed by atoms with Crippen LogP contribution in [0, 0.1) is 5.92 Å². The molecule has 0 spiro atoms. The average molecular weight is 678 g/mol. The van der Waals surface area contributed by atoms with Crippen molar-refractivity contribution in [1.82, 2.24) is 9.88 Å². The Bertz CT molecular complexity index is 1710. The summed E-state index contributed by atoms with van der Waals surface area (Å²) in [5.74, 6) is -2.28. The molecule has 14 heteroatoms. The Morgan fingerprint density at radius 3 is 2.50 bits per heavy atom. The standard InChI is InChI=1S/C34H33F6N3O5/c1-18-31(21-12-22(33(35,36)37)6-7-23(13-21)34(38,39)40)48-32(46)43(18)17-27-24(8-9-29(41-27)42-10-3-11-42)26-16-25-19(14-28(26)47-2)4-5-20(25)15-30(44)45/h6-9,12-14,16,18,20,22,31H,3-5,10-11,15,17H2,1-2H3,(H,44,45). The second-order valence-electron chi connectivity index (χ2n) is 12.5. The van der Waals surface area contributed by atoms with E-state index in [2.05, 4.69) is 0 Å². The van der Waals surface area contributed by atoms with Crippen LogP contribution in [-0.2, 0) is 22.5 Å². The molecule has 0 bridgehead atoms. The fourth-order valence-electron chi connectivity index (χ4n) is 6.72. The molecule has 1 aromatic heterocycles. The zero-order valence-corrected chi connectivity index (χ0v) is 26.1. The summed E-state index contributed by atoms with van der Waals surface area (Å²) in [6.07, 6.45) is -7.78. The van der Waals surface area contributed by atoms with E-state index in [1.54, 1.807) is 0 Å². The van der Waals surface area contributed by atoms with Crippen molar-refractivity contribution < 1.29 is 50.5 Å². The number of allylic oxidation sites excluding steroid dienone is 4. The molecule has 3 heterocycles. The lowest BCUT2D eigenvalue weighted by atomic mass is 9.92. The van der Waals surface area contributed by atoms with Gasteiger partial charge in [0, 0.05) is 24.2 Å². The van der Waals surface area contributed by atoms with Gasteiger partial charge in [0.15, 0.2) is 0 Å². The predicted octanol–water partition coefficient (Wildman–Crippen LogP) is 7.34. The Labute approximate surface area is 272 Å². The van der Waals surface area contributed by atoms with Crippen LogP contribution in [0.5, 0.6) is 5.75 Å². The number of fused-ring (bicyclic) bond motifs is 1. The maximum absolute atomic E-state index is 13.7. The highest BCUT2D eigenvalue weighted by Gasteiger charge is 2.45. The van der Waals surface area contributed by atoms with Crippen LogP contribution in [0.2, 0.25) is 0 Å². The summed E-state index contributed by atoms with van der Waals surface area (Å²) in [5, 5.41) is 9.48. The number of carboxylic acids is 1. The van der Waals surface area contributed by atoms with Gasteiger partial charge in [-0.05, 0) is 79.1 Å². The first kappa shape index (κ1) is 33.4. The fourth-order valence-corrected chi connectivity index (χ4v) is 6.72. The Morgan fingerprint density at radius 2 is 1.88 bits per heavy atom. The molecule has 2 saturated heterocycles. The van der Waals surface area contributed by atoms with Crippen LogP contribution >= 0.6 is 0 Å². The molecule has 4 unspecified atom stereocenters. The number of carboxylic acid groups (broad SMARTS) is 1. The van der Waals surface area contributed by atoms with Crippen molar-refractivity contribution in [3.8, 4) is 16.9 Å². The molecule has 1 N–H and O–H groups in total. The molecule has 4 atom stereocenters. The van der Waals surface area contributed by atoms with Crippen molar-refractivity contribution in [2.75, 3.05) is 25.1 Å². The van der Waals surface area contributed by atoms with Crippen LogP contribution < -0.4 is 9.64 Å². The second kappa shape index (κ2) is 12.5. The summed E-state index contributed by atoms with van der Waals surface area (Å²) in [6.45, 7) is 2.87. The molecule has 0 saturated carbocycles. The van der Waals surface area contributed by atoms with Gasteiger partial charge in [0.2, 0.25) is 0 Å². The number of aliphatic carboxylic acids is 1. The predicted molar refractivity (Wildman–Crippen MR) is 163 cm³/mol. The first-order chi connectivity index (χ1) is 22.6. The van der Waals surface area contributed by atoms with Crippen molar-refractivity contribution in [3.63, 3.8) is 0 Å². The number of anilines is 1. The van der Waals surface area contributed by atoms with E-state index in [1.807, 2.05) is 29.2 Å². The zero-order valence-electron chi connectivity index (χ0n) is 26.1. The molecule has 1 amide bonds. The van der Waals surface area contributed by atoms with Gasteiger partial charge in [-0.15, -0.1) is 0 Å². The normalized spacial score (nSPS) is 24.0. The Morgan fingerprint density at radius 1 is 1.12 bits per heavy atom. The highest BCUT2D eigenvalue weighted by atomic mass is 19.4. The third-order valence-corrected chi connectivity index (χ3v) is 9.44. The number of hydrogen-bond donors (Lipinski definition) is 1. The minimum atomic E-state index is -4.93. The highest BCUT2D eigenvalue weighted by Crippen LogP contribution is 2.44. The molecule has 4 aliphatic rings. The Kier molecular flexibility index (Phi) is 8.71. The van der Waals surface area contributed by atoms with Gasteiger partial charge in [-0.25, -0.2) is 9.78 Å². The molecule has 256 valence electrons. The molecule has 48 heavy (non-hydrogen) atoms. The van der Waals surface area contributed by atoms with Gasteiger partial charge in [-0.2, -0.15) is 26.3 Å². The summed E-state index contributed by atoms with van der Waals surface area (Å²) in [5.41, 5.74) is 1.75. The molecule has 2 fully saturated rings. The lowest BCUT2D eigenvalue weighted by Crippen LogP contribution is -2.38. The van der Waals surface area contributed by atoms with Crippen LogP contribution in [0.1, 0.15) is 48.9 Å². The number of nitrogens with zero attached hydrogens (tertiary/aromatic N) is 3. The van der Waals surface area contributed by atoms with Crippen LogP contribution in [-0.4, -0.2) is 71.8 Å².